The molecule has 0 atom stereocenters. The predicted molar refractivity (Wildman–Crippen MR) is 15.9 cm³/mol. The zero-order chi connectivity index (χ0) is 6.62. The lowest BCUT2D eigenvalue weighted by atomic mass is 10.8. The molecule has 4 nitrogen and oxygen atoms in total. The van der Waals surface area contributed by atoms with E-state index in [1.165, 1.54) is 13.0 Å². The molecule has 0 aromatic rings. The highest BCUT2D eigenvalue weighted by Gasteiger charge is 2.11. The van der Waals surface area contributed by atoms with E-state index in [9.17, 15) is 14.0 Å². The summed E-state index contributed by atoms with van der Waals surface area (Å²) in [6, 6.07) is 0. The standard InChI is InChI=1S/C3H5ClO4/c1-2-3-8-4(5,6)7/h2-3H,1H3/b3-2+. The fraction of sp³-hybridized carbons (Fsp3) is 0.333. The van der Waals surface area contributed by atoms with Gasteiger partial charge in [0.05, 0.1) is 0 Å². The molecule has 0 aromatic heterocycles. The Kier molecular flexibility index (Phi) is 2.78. The van der Waals surface area contributed by atoms with Crippen LogP contribution in [0.3, 0.4) is 0 Å². The molecular formula is C3H5ClO4. The highest BCUT2D eigenvalue weighted by Crippen LogP contribution is 1.87. The molecule has 0 N–H and O–H groups in total. The first-order chi connectivity index (χ1) is 3.56. The van der Waals surface area contributed by atoms with Crippen LogP contribution in [-0.2, 0) is 4.29 Å². The summed E-state index contributed by atoms with van der Waals surface area (Å²) in [6.07, 6.45) is 2.09. The van der Waals surface area contributed by atoms with E-state index >= 15 is 0 Å². The van der Waals surface area contributed by atoms with Crippen molar-refractivity contribution in [2.24, 2.45) is 0 Å². The van der Waals surface area contributed by atoms with Crippen molar-refractivity contribution in [1.29, 1.82) is 0 Å². The Morgan fingerprint density at radius 2 is 1.88 bits per heavy atom. The average molecular weight is 141 g/mol. The van der Waals surface area contributed by atoms with E-state index in [4.69, 9.17) is 0 Å². The maximum Gasteiger partial charge on any atom is 0.248 e. The molecule has 0 rings (SSSR count). The third-order valence-corrected chi connectivity index (χ3v) is 0.618. The van der Waals surface area contributed by atoms with Crippen molar-refractivity contribution < 1.29 is 28.5 Å². The molecule has 0 unspecified atom stereocenters. The molecule has 0 aliphatic rings. The van der Waals surface area contributed by atoms with Gasteiger partial charge in [0.15, 0.2) is 0 Å². The first kappa shape index (κ1) is 7.71. The zero-order valence-corrected chi connectivity index (χ0v) is 4.92. The molecule has 0 aliphatic heterocycles. The van der Waals surface area contributed by atoms with Gasteiger partial charge < -0.3 is 0 Å². The normalized spacial score (nSPS) is 12.5. The third-order valence-electron chi connectivity index (χ3n) is 0.297. The first-order valence-corrected chi connectivity index (χ1v) is 3.00. The Labute approximate surface area is 48.7 Å². The van der Waals surface area contributed by atoms with Crippen molar-refractivity contribution in [2.75, 3.05) is 0 Å². The van der Waals surface area contributed by atoms with E-state index in [0.717, 1.165) is 6.26 Å². The van der Waals surface area contributed by atoms with Crippen LogP contribution in [0.5, 0.6) is 0 Å². The van der Waals surface area contributed by atoms with Crippen molar-refractivity contribution in [1.82, 2.24) is 0 Å². The predicted octanol–water partition coefficient (Wildman–Crippen LogP) is -2.57. The van der Waals surface area contributed by atoms with Gasteiger partial charge in [0.25, 0.3) is 0 Å². The van der Waals surface area contributed by atoms with Crippen molar-refractivity contribution in [2.45, 2.75) is 6.92 Å². The largest absolute Gasteiger partial charge is 0.248 e. The number of allylic oxidation sites excluding steroid dienone is 1. The van der Waals surface area contributed by atoms with Crippen molar-refractivity contribution in [3.05, 3.63) is 12.3 Å². The van der Waals surface area contributed by atoms with Crippen molar-refractivity contribution >= 4 is 0 Å². The smallest absolute Gasteiger partial charge is 0.167 e. The second-order valence-electron chi connectivity index (χ2n) is 0.936. The molecule has 0 saturated heterocycles. The maximum absolute atomic E-state index is 9.53. The van der Waals surface area contributed by atoms with Crippen LogP contribution in [0.2, 0.25) is 0 Å². The lowest BCUT2D eigenvalue weighted by Gasteiger charge is -2.08. The van der Waals surface area contributed by atoms with Crippen LogP contribution in [0.4, 0.5) is 0 Å². The second kappa shape index (κ2) is 2.88. The molecule has 8 heavy (non-hydrogen) atoms. The Morgan fingerprint density at radius 3 is 2.00 bits per heavy atom. The summed E-state index contributed by atoms with van der Waals surface area (Å²) >= 11 is 0. The molecule has 5 heteroatoms. The van der Waals surface area contributed by atoms with Crippen molar-refractivity contribution in [3.8, 4) is 0 Å². The molecule has 0 fully saturated rings. The van der Waals surface area contributed by atoms with Gasteiger partial charge in [0, 0.05) is 0 Å². The van der Waals surface area contributed by atoms with Crippen LogP contribution in [0.25, 0.3) is 0 Å². The SMILES string of the molecule is C/C=C/O[Cl+3]([O-])([O-])[O-]. The summed E-state index contributed by atoms with van der Waals surface area (Å²) in [7, 11) is -4.28. The minimum atomic E-state index is -4.28. The topological polar surface area (TPSA) is 78.4 Å². The number of hydrogen-bond acceptors (Lipinski definition) is 4. The Balaban J connectivity index is 3.39. The molecule has 48 valence electrons. The Morgan fingerprint density at radius 1 is 1.38 bits per heavy atom. The van der Waals surface area contributed by atoms with Gasteiger partial charge in [-0.1, -0.05) is 4.29 Å². The van der Waals surface area contributed by atoms with Gasteiger partial charge in [-0.05, 0) is 13.0 Å². The van der Waals surface area contributed by atoms with Crippen LogP contribution >= 0.6 is 0 Å². The first-order valence-electron chi connectivity index (χ1n) is 1.76. The fourth-order valence-corrected chi connectivity index (χ4v) is 0.343. The molecule has 0 amide bonds. The summed E-state index contributed by atoms with van der Waals surface area (Å²) in [5, 5.41) is 0. The van der Waals surface area contributed by atoms with Gasteiger partial charge in [-0.3, -0.25) is 0 Å². The number of rotatable bonds is 2. The quantitative estimate of drug-likeness (QED) is 0.395. The van der Waals surface area contributed by atoms with Crippen LogP contribution in [0, 0.1) is 10.2 Å². The second-order valence-corrected chi connectivity index (χ2v) is 1.87. The Hall–Kier alpha value is -0.290. The minimum absolute atomic E-state index is 0.796. The summed E-state index contributed by atoms with van der Waals surface area (Å²) in [4.78, 5) is 0. The van der Waals surface area contributed by atoms with Crippen molar-refractivity contribution in [3.63, 3.8) is 0 Å². The third kappa shape index (κ3) is 5.71. The summed E-state index contributed by atoms with van der Waals surface area (Å²) in [5.74, 6) is 0. The number of hydrogen-bond donors (Lipinski definition) is 0. The van der Waals surface area contributed by atoms with Gasteiger partial charge in [0.2, 0.25) is 6.26 Å². The summed E-state index contributed by atoms with van der Waals surface area (Å²) in [6.45, 7) is 1.53. The maximum atomic E-state index is 9.53. The van der Waals surface area contributed by atoms with E-state index in [0.29, 0.717) is 0 Å². The van der Waals surface area contributed by atoms with E-state index in [1.807, 2.05) is 0 Å². The Bertz CT molecular complexity index is 83.8. The molecule has 0 spiro atoms. The molecule has 0 radical (unpaired) electrons. The van der Waals surface area contributed by atoms with E-state index in [1.54, 1.807) is 0 Å². The van der Waals surface area contributed by atoms with E-state index in [2.05, 4.69) is 4.29 Å². The lowest BCUT2D eigenvalue weighted by Crippen LogP contribution is -2.60. The fourth-order valence-electron chi connectivity index (χ4n) is 0.114. The minimum Gasteiger partial charge on any atom is -0.167 e. The van der Waals surface area contributed by atoms with E-state index in [-0.39, 0.29) is 0 Å². The molecule has 0 bridgehead atoms. The summed E-state index contributed by atoms with van der Waals surface area (Å²) in [5.41, 5.74) is 0. The highest BCUT2D eigenvalue weighted by atomic mass is 35.7. The zero-order valence-electron chi connectivity index (χ0n) is 4.17. The molecule has 0 aliphatic carbocycles. The van der Waals surface area contributed by atoms with Crippen LogP contribution in [0.15, 0.2) is 12.3 Å². The van der Waals surface area contributed by atoms with Crippen LogP contribution in [-0.4, -0.2) is 0 Å². The highest BCUT2D eigenvalue weighted by molar-refractivity contribution is 4.62. The van der Waals surface area contributed by atoms with Gasteiger partial charge in [-0.2, -0.15) is 14.0 Å². The average Bonchev–Trinajstić information content (AvgIpc) is 1.59. The summed E-state index contributed by atoms with van der Waals surface area (Å²) < 4.78 is 32.2. The van der Waals surface area contributed by atoms with E-state index < -0.39 is 10.2 Å². The number of halogens is 1. The van der Waals surface area contributed by atoms with Crippen LogP contribution < -0.4 is 14.0 Å². The van der Waals surface area contributed by atoms with Crippen LogP contribution in [0.1, 0.15) is 6.92 Å². The molecule has 0 aromatic carbocycles. The molecule has 0 saturated carbocycles. The molecule has 0 heterocycles. The van der Waals surface area contributed by atoms with Gasteiger partial charge in [-0.25, -0.2) is 0 Å². The van der Waals surface area contributed by atoms with Gasteiger partial charge >= 0.3 is 0 Å². The monoisotopic (exact) mass is 140 g/mol. The molecular weight excluding hydrogens is 135 g/mol. The van der Waals surface area contributed by atoms with Gasteiger partial charge in [-0.15, -0.1) is 0 Å². The van der Waals surface area contributed by atoms with Gasteiger partial charge in [0.1, 0.15) is 10.2 Å². The lowest BCUT2D eigenvalue weighted by molar-refractivity contribution is -1.92.